The molecule has 0 saturated carbocycles. The SMILES string of the molecule is CC[C@H]1O[C@@H](n2cnc3c(NC(c4ccccc4)(c4ccccc4)c4ccc(OC)cc4)ncnc32)[C@H](O[Si](C)(C)C(C)(C)C)[C@@H]1O[Si](C)(C)C(C)(C)C. The largest absolute Gasteiger partial charge is 0.497 e. The second kappa shape index (κ2) is 15.0. The van der Waals surface area contributed by atoms with Gasteiger partial charge in [-0.1, -0.05) is 121 Å². The number of rotatable bonds is 12. The van der Waals surface area contributed by atoms with Crippen molar-refractivity contribution in [1.82, 2.24) is 19.5 Å². The van der Waals surface area contributed by atoms with Crippen molar-refractivity contribution in [2.75, 3.05) is 12.4 Å². The van der Waals surface area contributed by atoms with Gasteiger partial charge in [0.25, 0.3) is 0 Å². The van der Waals surface area contributed by atoms with Crippen LogP contribution in [-0.4, -0.2) is 61.6 Å². The van der Waals surface area contributed by atoms with Crippen molar-refractivity contribution in [1.29, 1.82) is 0 Å². The molecule has 1 fully saturated rings. The molecule has 3 aromatic carbocycles. The number of fused-ring (bicyclic) bond motifs is 1. The number of hydrogen-bond acceptors (Lipinski definition) is 8. The molecular weight excluding hydrogens is 707 g/mol. The molecule has 0 aliphatic carbocycles. The van der Waals surface area contributed by atoms with Crippen LogP contribution in [0.5, 0.6) is 5.75 Å². The molecule has 0 radical (unpaired) electrons. The topological polar surface area (TPSA) is 92.6 Å². The number of methoxy groups -OCH3 is 1. The molecular formula is C43H59N5O4Si2. The lowest BCUT2D eigenvalue weighted by Crippen LogP contribution is -2.53. The lowest BCUT2D eigenvalue weighted by molar-refractivity contribution is -0.0324. The summed E-state index contributed by atoms with van der Waals surface area (Å²) in [7, 11) is -2.82. The van der Waals surface area contributed by atoms with Crippen molar-refractivity contribution in [3.8, 4) is 5.75 Å². The summed E-state index contributed by atoms with van der Waals surface area (Å²) in [6.07, 6.45) is 2.97. The molecule has 0 bridgehead atoms. The van der Waals surface area contributed by atoms with Crippen LogP contribution in [0.4, 0.5) is 5.82 Å². The van der Waals surface area contributed by atoms with Gasteiger partial charge in [-0.05, 0) is 71.5 Å². The highest BCUT2D eigenvalue weighted by Crippen LogP contribution is 2.47. The molecule has 2 aromatic heterocycles. The molecule has 9 nitrogen and oxygen atoms in total. The van der Waals surface area contributed by atoms with Crippen molar-refractivity contribution >= 4 is 33.6 Å². The maximum Gasteiger partial charge on any atom is 0.192 e. The number of ether oxygens (including phenoxy) is 2. The van der Waals surface area contributed by atoms with Gasteiger partial charge < -0.3 is 23.6 Å². The minimum atomic E-state index is -2.29. The van der Waals surface area contributed by atoms with Gasteiger partial charge in [-0.25, -0.2) is 15.0 Å². The Bertz CT molecular complexity index is 1970. The van der Waals surface area contributed by atoms with Gasteiger partial charge in [0.15, 0.2) is 39.8 Å². The van der Waals surface area contributed by atoms with Gasteiger partial charge in [-0.15, -0.1) is 0 Å². The van der Waals surface area contributed by atoms with Gasteiger partial charge in [-0.3, -0.25) is 4.57 Å². The fourth-order valence-electron chi connectivity index (χ4n) is 6.80. The highest BCUT2D eigenvalue weighted by molar-refractivity contribution is 6.74. The molecule has 6 rings (SSSR count). The predicted molar refractivity (Wildman–Crippen MR) is 223 cm³/mol. The van der Waals surface area contributed by atoms with Crippen LogP contribution in [0.1, 0.15) is 77.8 Å². The smallest absolute Gasteiger partial charge is 0.192 e. The summed E-state index contributed by atoms with van der Waals surface area (Å²) in [5.41, 5.74) is 3.57. The summed E-state index contributed by atoms with van der Waals surface area (Å²) < 4.78 is 29.2. The highest BCUT2D eigenvalue weighted by atomic mass is 28.4. The fraction of sp³-hybridized carbons (Fsp3) is 0.465. The van der Waals surface area contributed by atoms with E-state index < -0.39 is 28.4 Å². The van der Waals surface area contributed by atoms with Crippen LogP contribution >= 0.6 is 0 Å². The predicted octanol–water partition coefficient (Wildman–Crippen LogP) is 10.3. The van der Waals surface area contributed by atoms with Gasteiger partial charge in [-0.2, -0.15) is 0 Å². The maximum absolute atomic E-state index is 7.35. The molecule has 3 heterocycles. The third kappa shape index (κ3) is 7.41. The highest BCUT2D eigenvalue weighted by Gasteiger charge is 2.54. The summed E-state index contributed by atoms with van der Waals surface area (Å²) in [5.74, 6) is 1.38. The number of imidazole rings is 1. The Morgan fingerprint density at radius 1 is 0.704 bits per heavy atom. The van der Waals surface area contributed by atoms with E-state index in [0.717, 1.165) is 28.9 Å². The first-order chi connectivity index (χ1) is 25.4. The van der Waals surface area contributed by atoms with Crippen LogP contribution in [0.2, 0.25) is 36.3 Å². The van der Waals surface area contributed by atoms with Gasteiger partial charge in [0.2, 0.25) is 0 Å². The molecule has 54 heavy (non-hydrogen) atoms. The molecule has 1 aliphatic rings. The normalized spacial score (nSPS) is 20.0. The molecule has 1 aliphatic heterocycles. The van der Waals surface area contributed by atoms with Crippen molar-refractivity contribution in [2.24, 2.45) is 0 Å². The summed E-state index contributed by atoms with van der Waals surface area (Å²) >= 11 is 0. The lowest BCUT2D eigenvalue weighted by Gasteiger charge is -2.44. The van der Waals surface area contributed by atoms with Crippen LogP contribution in [0.25, 0.3) is 11.2 Å². The minimum absolute atomic E-state index is 0.0146. The Labute approximate surface area is 324 Å². The second-order valence-electron chi connectivity index (χ2n) is 17.5. The summed E-state index contributed by atoms with van der Waals surface area (Å²) in [6, 6.07) is 29.1. The van der Waals surface area contributed by atoms with E-state index in [1.807, 2.05) is 35.2 Å². The maximum atomic E-state index is 7.35. The summed E-state index contributed by atoms with van der Waals surface area (Å²) in [6.45, 7) is 25.1. The van der Waals surface area contributed by atoms with Crippen LogP contribution in [0.15, 0.2) is 97.6 Å². The summed E-state index contributed by atoms with van der Waals surface area (Å²) in [5, 5.41) is 3.93. The number of hydrogen-bond donors (Lipinski definition) is 1. The Morgan fingerprint density at radius 3 is 1.72 bits per heavy atom. The average molecular weight is 766 g/mol. The van der Waals surface area contributed by atoms with Crippen LogP contribution in [0.3, 0.4) is 0 Å². The number of nitrogens with zero attached hydrogens (tertiary/aromatic N) is 4. The van der Waals surface area contributed by atoms with Gasteiger partial charge in [0.05, 0.1) is 19.5 Å². The van der Waals surface area contributed by atoms with Gasteiger partial charge in [0, 0.05) is 0 Å². The van der Waals surface area contributed by atoms with E-state index in [1.165, 1.54) is 0 Å². The van der Waals surface area contributed by atoms with E-state index >= 15 is 0 Å². The van der Waals surface area contributed by atoms with E-state index in [2.05, 4.69) is 141 Å². The van der Waals surface area contributed by atoms with Crippen molar-refractivity contribution < 1.29 is 18.3 Å². The molecule has 11 heteroatoms. The molecule has 0 amide bonds. The van der Waals surface area contributed by atoms with E-state index in [0.29, 0.717) is 17.0 Å². The van der Waals surface area contributed by atoms with Gasteiger partial charge >= 0.3 is 0 Å². The molecule has 1 saturated heterocycles. The Kier molecular flexibility index (Phi) is 11.0. The number of benzene rings is 3. The second-order valence-corrected chi connectivity index (χ2v) is 27.1. The van der Waals surface area contributed by atoms with E-state index in [-0.39, 0.29) is 28.4 Å². The Morgan fingerprint density at radius 2 is 1.22 bits per heavy atom. The fourth-order valence-corrected chi connectivity index (χ4v) is 9.41. The number of aromatic nitrogens is 4. The van der Waals surface area contributed by atoms with Crippen LogP contribution < -0.4 is 10.1 Å². The molecule has 5 aromatic rings. The number of nitrogens with one attached hydrogen (secondary N) is 1. The van der Waals surface area contributed by atoms with E-state index in [4.69, 9.17) is 33.3 Å². The molecule has 0 unspecified atom stereocenters. The Hall–Kier alpha value is -3.88. The minimum Gasteiger partial charge on any atom is -0.497 e. The quantitative estimate of drug-likeness (QED) is 0.0992. The van der Waals surface area contributed by atoms with Gasteiger partial charge in [0.1, 0.15) is 29.8 Å². The molecule has 4 atom stereocenters. The van der Waals surface area contributed by atoms with Crippen LogP contribution in [-0.2, 0) is 19.1 Å². The first-order valence-corrected chi connectivity index (χ1v) is 25.0. The first-order valence-electron chi connectivity index (χ1n) is 19.2. The zero-order valence-corrected chi connectivity index (χ0v) is 36.2. The molecule has 1 N–H and O–H groups in total. The van der Waals surface area contributed by atoms with Crippen molar-refractivity contribution in [2.45, 2.75) is 121 Å². The zero-order valence-electron chi connectivity index (χ0n) is 34.2. The zero-order chi connectivity index (χ0) is 39.1. The Balaban J connectivity index is 1.50. The third-order valence-corrected chi connectivity index (χ3v) is 21.0. The van der Waals surface area contributed by atoms with E-state index in [1.54, 1.807) is 13.4 Å². The van der Waals surface area contributed by atoms with E-state index in [9.17, 15) is 0 Å². The average Bonchev–Trinajstić information content (AvgIpc) is 3.71. The lowest BCUT2D eigenvalue weighted by atomic mass is 9.77. The standard InChI is InChI=1S/C43H59N5O4Si2/c1-13-34-36(51-53(9,10)41(2,3)4)37(52-54(11,12)42(5,6)7)40(50-34)48-29-46-35-38(44-28-45-39(35)48)47-43(30-20-16-14-17-21-30,31-22-18-15-19-23-31)32-24-26-33(49-8)27-25-32/h14-29,34,36-37,40H,13H2,1-12H3,(H,44,45,47)/t34-,36-,37-,40-/m1/s1. The number of anilines is 1. The molecule has 0 spiro atoms. The van der Waals surface area contributed by atoms with Crippen molar-refractivity contribution in [3.05, 3.63) is 114 Å². The van der Waals surface area contributed by atoms with Crippen molar-refractivity contribution in [3.63, 3.8) is 0 Å². The summed E-state index contributed by atoms with van der Waals surface area (Å²) in [4.78, 5) is 14.8. The first kappa shape index (κ1) is 39.8. The monoisotopic (exact) mass is 765 g/mol. The van der Waals surface area contributed by atoms with Crippen LogP contribution in [0, 0.1) is 0 Å². The molecule has 288 valence electrons. The third-order valence-electron chi connectivity index (χ3n) is 12.0.